The van der Waals surface area contributed by atoms with Gasteiger partial charge >= 0.3 is 5.97 Å². The lowest BCUT2D eigenvalue weighted by Gasteiger charge is -1.99. The van der Waals surface area contributed by atoms with Gasteiger partial charge in [-0.05, 0) is 24.7 Å². The van der Waals surface area contributed by atoms with Crippen molar-refractivity contribution in [2.24, 2.45) is 0 Å². The number of rotatable bonds is 1. The van der Waals surface area contributed by atoms with E-state index in [1.165, 1.54) is 6.08 Å². The molecule has 1 N–H and O–H groups in total. The third kappa shape index (κ3) is 1.77. The highest BCUT2D eigenvalue weighted by atomic mass is 32.2. The van der Waals surface area contributed by atoms with Crippen molar-refractivity contribution in [2.45, 2.75) is 18.6 Å². The highest BCUT2D eigenvalue weighted by Gasteiger charge is 2.16. The van der Waals surface area contributed by atoms with E-state index in [1.807, 2.05) is 18.7 Å². The Hall–Kier alpha value is -0.440. The molecule has 2 nitrogen and oxygen atoms in total. The molecule has 0 radical (unpaired) electrons. The van der Waals surface area contributed by atoms with Crippen molar-refractivity contribution in [1.82, 2.24) is 0 Å². The smallest absolute Gasteiger partial charge is 0.328 e. The highest BCUT2D eigenvalue weighted by molar-refractivity contribution is 8.00. The molecule has 1 fully saturated rings. The Balaban J connectivity index is 2.62. The molecule has 0 amide bonds. The molecule has 1 heterocycles. The monoisotopic (exact) mass is 158 g/mol. The van der Waals surface area contributed by atoms with Gasteiger partial charge in [0.15, 0.2) is 0 Å². The van der Waals surface area contributed by atoms with Crippen molar-refractivity contribution in [1.29, 1.82) is 0 Å². The maximum absolute atomic E-state index is 10.2. The Morgan fingerprint density at radius 2 is 2.60 bits per heavy atom. The molecule has 1 rings (SSSR count). The quantitative estimate of drug-likeness (QED) is 0.588. The molecule has 1 aliphatic rings. The lowest BCUT2D eigenvalue weighted by Crippen LogP contribution is -1.97. The number of thioether (sulfide) groups is 1. The molecule has 0 spiro atoms. The molecule has 0 aromatic carbocycles. The van der Waals surface area contributed by atoms with Gasteiger partial charge in [0, 0.05) is 11.3 Å². The van der Waals surface area contributed by atoms with Crippen molar-refractivity contribution in [3.63, 3.8) is 0 Å². The molecule has 0 aromatic rings. The Kier molecular flexibility index (Phi) is 2.38. The highest BCUT2D eigenvalue weighted by Crippen LogP contribution is 2.30. The molecule has 10 heavy (non-hydrogen) atoms. The molecule has 1 saturated heterocycles. The van der Waals surface area contributed by atoms with Crippen molar-refractivity contribution in [2.75, 3.05) is 5.75 Å². The topological polar surface area (TPSA) is 37.3 Å². The molecule has 3 heteroatoms. The second kappa shape index (κ2) is 3.10. The van der Waals surface area contributed by atoms with Crippen LogP contribution < -0.4 is 0 Å². The van der Waals surface area contributed by atoms with Gasteiger partial charge in [-0.3, -0.25) is 0 Å². The van der Waals surface area contributed by atoms with Gasteiger partial charge in [0.2, 0.25) is 0 Å². The summed E-state index contributed by atoms with van der Waals surface area (Å²) in [6.07, 6.45) is 2.28. The molecule has 56 valence electrons. The van der Waals surface area contributed by atoms with Crippen LogP contribution in [-0.4, -0.2) is 22.1 Å². The number of hydrogen-bond donors (Lipinski definition) is 1. The number of hydrogen-bond acceptors (Lipinski definition) is 2. The predicted octanol–water partition coefficient (Wildman–Crippen LogP) is 1.52. The maximum Gasteiger partial charge on any atom is 0.328 e. The minimum Gasteiger partial charge on any atom is -0.478 e. The fourth-order valence-corrected chi connectivity index (χ4v) is 2.12. The van der Waals surface area contributed by atoms with Crippen LogP contribution in [0.5, 0.6) is 0 Å². The first-order valence-corrected chi connectivity index (χ1v) is 4.30. The first kappa shape index (κ1) is 7.66. The SMILES string of the molecule is CC1SCCC1=CC(=O)O. The second-order valence-corrected chi connectivity index (χ2v) is 3.77. The Bertz CT molecular complexity index is 174. The van der Waals surface area contributed by atoms with Crippen LogP contribution in [0.2, 0.25) is 0 Å². The standard InChI is InChI=1S/C7H10O2S/c1-5-6(2-3-10-5)4-7(8)9/h4-5H,2-3H2,1H3,(H,8,9). The van der Waals surface area contributed by atoms with E-state index in [4.69, 9.17) is 5.11 Å². The van der Waals surface area contributed by atoms with Gasteiger partial charge in [-0.1, -0.05) is 0 Å². The molecule has 1 atom stereocenters. The first-order chi connectivity index (χ1) is 4.70. The summed E-state index contributed by atoms with van der Waals surface area (Å²) in [5.74, 6) is 0.254. The summed E-state index contributed by atoms with van der Waals surface area (Å²) in [4.78, 5) is 10.2. The first-order valence-electron chi connectivity index (χ1n) is 3.25. The van der Waals surface area contributed by atoms with Gasteiger partial charge in [-0.25, -0.2) is 4.79 Å². The Morgan fingerprint density at radius 1 is 1.90 bits per heavy atom. The molecule has 1 unspecified atom stereocenters. The van der Waals surface area contributed by atoms with Gasteiger partial charge < -0.3 is 5.11 Å². The lowest BCUT2D eigenvalue weighted by molar-refractivity contribution is -0.131. The van der Waals surface area contributed by atoms with E-state index in [-0.39, 0.29) is 0 Å². The van der Waals surface area contributed by atoms with E-state index in [0.717, 1.165) is 17.7 Å². The third-order valence-electron chi connectivity index (χ3n) is 1.59. The molecule has 1 aliphatic heterocycles. The summed E-state index contributed by atoms with van der Waals surface area (Å²) in [7, 11) is 0. The Morgan fingerprint density at radius 3 is 3.00 bits per heavy atom. The number of carboxylic acid groups (broad SMARTS) is 1. The molecule has 0 aliphatic carbocycles. The average Bonchev–Trinajstić information content (AvgIpc) is 2.15. The van der Waals surface area contributed by atoms with Gasteiger partial charge in [0.1, 0.15) is 0 Å². The number of carbonyl (C=O) groups is 1. The predicted molar refractivity (Wildman–Crippen MR) is 42.3 cm³/mol. The zero-order chi connectivity index (χ0) is 7.56. The normalized spacial score (nSPS) is 29.3. The third-order valence-corrected chi connectivity index (χ3v) is 2.83. The van der Waals surface area contributed by atoms with Crippen LogP contribution in [-0.2, 0) is 4.79 Å². The van der Waals surface area contributed by atoms with Crippen LogP contribution in [0, 0.1) is 0 Å². The van der Waals surface area contributed by atoms with Crippen LogP contribution in [0.3, 0.4) is 0 Å². The van der Waals surface area contributed by atoms with Crippen LogP contribution in [0.1, 0.15) is 13.3 Å². The van der Waals surface area contributed by atoms with Crippen LogP contribution in [0.15, 0.2) is 11.6 Å². The number of carboxylic acids is 1. The van der Waals surface area contributed by atoms with Crippen LogP contribution >= 0.6 is 11.8 Å². The second-order valence-electron chi connectivity index (χ2n) is 2.32. The van der Waals surface area contributed by atoms with E-state index in [0.29, 0.717) is 5.25 Å². The van der Waals surface area contributed by atoms with Crippen molar-refractivity contribution in [3.05, 3.63) is 11.6 Å². The minimum atomic E-state index is -0.815. The van der Waals surface area contributed by atoms with Gasteiger partial charge in [-0.15, -0.1) is 0 Å². The zero-order valence-corrected chi connectivity index (χ0v) is 6.65. The summed E-state index contributed by atoms with van der Waals surface area (Å²) in [5.41, 5.74) is 1.07. The van der Waals surface area contributed by atoms with E-state index >= 15 is 0 Å². The van der Waals surface area contributed by atoms with Crippen molar-refractivity contribution in [3.8, 4) is 0 Å². The summed E-state index contributed by atoms with van der Waals surface area (Å²) in [5, 5.41) is 8.82. The van der Waals surface area contributed by atoms with E-state index < -0.39 is 5.97 Å². The van der Waals surface area contributed by atoms with E-state index in [2.05, 4.69) is 0 Å². The average molecular weight is 158 g/mol. The minimum absolute atomic E-state index is 0.413. The molecule has 0 bridgehead atoms. The summed E-state index contributed by atoms with van der Waals surface area (Å²) in [6.45, 7) is 2.05. The fourth-order valence-electron chi connectivity index (χ4n) is 1.01. The van der Waals surface area contributed by atoms with Gasteiger partial charge in [0.25, 0.3) is 0 Å². The maximum atomic E-state index is 10.2. The largest absolute Gasteiger partial charge is 0.478 e. The fraction of sp³-hybridized carbons (Fsp3) is 0.571. The van der Waals surface area contributed by atoms with Gasteiger partial charge in [0.05, 0.1) is 0 Å². The van der Waals surface area contributed by atoms with E-state index in [1.54, 1.807) is 0 Å². The van der Waals surface area contributed by atoms with Crippen molar-refractivity contribution < 1.29 is 9.90 Å². The lowest BCUT2D eigenvalue weighted by atomic mass is 10.1. The zero-order valence-electron chi connectivity index (χ0n) is 5.83. The number of aliphatic carboxylic acids is 1. The summed E-state index contributed by atoms with van der Waals surface area (Å²) < 4.78 is 0. The van der Waals surface area contributed by atoms with Gasteiger partial charge in [-0.2, -0.15) is 11.8 Å². The van der Waals surface area contributed by atoms with Crippen LogP contribution in [0.25, 0.3) is 0 Å². The summed E-state index contributed by atoms with van der Waals surface area (Å²) >= 11 is 1.82. The molecule has 0 aromatic heterocycles. The van der Waals surface area contributed by atoms with E-state index in [9.17, 15) is 4.79 Å². The molecular formula is C7H10O2S. The Labute approximate surface area is 64.3 Å². The molecule has 0 saturated carbocycles. The summed E-state index contributed by atoms with van der Waals surface area (Å²) in [6, 6.07) is 0. The van der Waals surface area contributed by atoms with Crippen LogP contribution in [0.4, 0.5) is 0 Å². The van der Waals surface area contributed by atoms with Crippen molar-refractivity contribution >= 4 is 17.7 Å². The molecular weight excluding hydrogens is 148 g/mol.